The van der Waals surface area contributed by atoms with Gasteiger partial charge in [0.05, 0.1) is 12.6 Å². The van der Waals surface area contributed by atoms with Gasteiger partial charge >= 0.3 is 0 Å². The fourth-order valence-corrected chi connectivity index (χ4v) is 5.10. The van der Waals surface area contributed by atoms with Gasteiger partial charge in [0.2, 0.25) is 11.8 Å². The van der Waals surface area contributed by atoms with Crippen molar-refractivity contribution < 1.29 is 14.3 Å². The Kier molecular flexibility index (Phi) is 6.87. The minimum absolute atomic E-state index is 0.00351. The lowest BCUT2D eigenvalue weighted by atomic mass is 10.00. The standard InChI is InChI=1S/C24H29ClN2O3S/c1-16(2)24(29)26(13-17-3-4-17)14-23(28)27-11-9-22-20(10-12-31-22)21(27)15-30-19-7-5-18(25)6-8-19/h5-8,10,12,16-17,21H,3-4,9,11,13-15H2,1-2H3. The van der Waals surface area contributed by atoms with Gasteiger partial charge in [0, 0.05) is 28.9 Å². The SMILES string of the molecule is CC(C)C(=O)N(CC(=O)N1CCc2sccc2C1COc1ccc(Cl)cc1)CC1CC1. The number of hydrogen-bond acceptors (Lipinski definition) is 4. The number of thiophene rings is 1. The Morgan fingerprint density at radius 1 is 1.23 bits per heavy atom. The molecule has 1 fully saturated rings. The third-order valence-corrected chi connectivity index (χ3v) is 7.19. The van der Waals surface area contributed by atoms with Gasteiger partial charge in [0.15, 0.2) is 0 Å². The van der Waals surface area contributed by atoms with E-state index in [1.165, 1.54) is 4.88 Å². The zero-order chi connectivity index (χ0) is 22.0. The number of nitrogens with zero attached hydrogens (tertiary/aromatic N) is 2. The van der Waals surface area contributed by atoms with Crippen molar-refractivity contribution in [3.8, 4) is 5.75 Å². The van der Waals surface area contributed by atoms with Gasteiger partial charge in [-0.05, 0) is 66.5 Å². The van der Waals surface area contributed by atoms with Crippen LogP contribution in [0.1, 0.15) is 43.2 Å². The van der Waals surface area contributed by atoms with Crippen LogP contribution in [0, 0.1) is 11.8 Å². The van der Waals surface area contributed by atoms with Crippen molar-refractivity contribution >= 4 is 34.8 Å². The molecule has 31 heavy (non-hydrogen) atoms. The van der Waals surface area contributed by atoms with Crippen molar-refractivity contribution in [3.05, 3.63) is 51.2 Å². The molecule has 7 heteroatoms. The van der Waals surface area contributed by atoms with E-state index in [-0.39, 0.29) is 30.3 Å². The topological polar surface area (TPSA) is 49.9 Å². The Hall–Kier alpha value is -2.05. The number of rotatable bonds is 8. The van der Waals surface area contributed by atoms with Crippen LogP contribution in [0.5, 0.6) is 5.75 Å². The number of benzene rings is 1. The molecular weight excluding hydrogens is 432 g/mol. The summed E-state index contributed by atoms with van der Waals surface area (Å²) in [5.41, 5.74) is 1.16. The van der Waals surface area contributed by atoms with E-state index in [1.807, 2.05) is 30.9 Å². The average molecular weight is 461 g/mol. The highest BCUT2D eigenvalue weighted by Crippen LogP contribution is 2.35. The van der Waals surface area contributed by atoms with Crippen LogP contribution in [0.15, 0.2) is 35.7 Å². The molecule has 4 rings (SSSR count). The summed E-state index contributed by atoms with van der Waals surface area (Å²) in [6, 6.07) is 9.20. The van der Waals surface area contributed by atoms with Gasteiger partial charge in [-0.3, -0.25) is 9.59 Å². The Morgan fingerprint density at radius 3 is 2.65 bits per heavy atom. The van der Waals surface area contributed by atoms with E-state index in [2.05, 4.69) is 11.4 Å². The molecule has 2 aromatic rings. The van der Waals surface area contributed by atoms with E-state index in [9.17, 15) is 9.59 Å². The molecular formula is C24H29ClN2O3S. The molecule has 2 heterocycles. The summed E-state index contributed by atoms with van der Waals surface area (Å²) in [5.74, 6) is 1.22. The van der Waals surface area contributed by atoms with E-state index in [4.69, 9.17) is 16.3 Å². The minimum Gasteiger partial charge on any atom is -0.491 e. The predicted octanol–water partition coefficient (Wildman–Crippen LogP) is 4.80. The van der Waals surface area contributed by atoms with Crippen LogP contribution in [0.4, 0.5) is 0 Å². The van der Waals surface area contributed by atoms with Crippen molar-refractivity contribution in [1.82, 2.24) is 9.80 Å². The Bertz CT molecular complexity index is 923. The summed E-state index contributed by atoms with van der Waals surface area (Å²) in [5, 5.41) is 2.74. The Balaban J connectivity index is 1.49. The zero-order valence-corrected chi connectivity index (χ0v) is 19.6. The molecule has 2 aliphatic rings. The summed E-state index contributed by atoms with van der Waals surface area (Å²) in [6.07, 6.45) is 3.14. The predicted molar refractivity (Wildman–Crippen MR) is 124 cm³/mol. The van der Waals surface area contributed by atoms with Gasteiger partial charge in [0.1, 0.15) is 12.4 Å². The number of ether oxygens (including phenoxy) is 1. The second kappa shape index (κ2) is 9.61. The van der Waals surface area contributed by atoms with E-state index in [1.54, 1.807) is 28.4 Å². The second-order valence-electron chi connectivity index (χ2n) is 8.73. The van der Waals surface area contributed by atoms with Gasteiger partial charge in [-0.25, -0.2) is 0 Å². The van der Waals surface area contributed by atoms with Gasteiger partial charge < -0.3 is 14.5 Å². The molecule has 166 valence electrons. The largest absolute Gasteiger partial charge is 0.491 e. The minimum atomic E-state index is -0.157. The summed E-state index contributed by atoms with van der Waals surface area (Å²) < 4.78 is 6.04. The quantitative estimate of drug-likeness (QED) is 0.568. The number of hydrogen-bond donors (Lipinski definition) is 0. The molecule has 1 aromatic carbocycles. The first-order valence-electron chi connectivity index (χ1n) is 10.9. The summed E-state index contributed by atoms with van der Waals surface area (Å²) in [4.78, 5) is 31.1. The van der Waals surface area contributed by atoms with Gasteiger partial charge in [-0.15, -0.1) is 11.3 Å². The van der Waals surface area contributed by atoms with Gasteiger partial charge in [0.25, 0.3) is 0 Å². The van der Waals surface area contributed by atoms with Gasteiger partial charge in [-0.2, -0.15) is 0 Å². The van der Waals surface area contributed by atoms with Crippen LogP contribution in [-0.4, -0.2) is 47.9 Å². The molecule has 0 bridgehead atoms. The molecule has 1 unspecified atom stereocenters. The molecule has 1 aliphatic carbocycles. The average Bonchev–Trinajstić information content (AvgIpc) is 3.44. The third kappa shape index (κ3) is 5.42. The fraction of sp³-hybridized carbons (Fsp3) is 0.500. The lowest BCUT2D eigenvalue weighted by Crippen LogP contribution is -2.49. The van der Waals surface area contributed by atoms with Crippen molar-refractivity contribution in [1.29, 1.82) is 0 Å². The van der Waals surface area contributed by atoms with Gasteiger partial charge in [-0.1, -0.05) is 25.4 Å². The van der Waals surface area contributed by atoms with E-state index < -0.39 is 0 Å². The Labute approximate surface area is 192 Å². The summed E-state index contributed by atoms with van der Waals surface area (Å²) in [7, 11) is 0. The van der Waals surface area contributed by atoms with Crippen molar-refractivity contribution in [2.75, 3.05) is 26.2 Å². The number of fused-ring (bicyclic) bond motifs is 1. The number of halogens is 1. The number of carbonyl (C=O) groups is 2. The smallest absolute Gasteiger partial charge is 0.242 e. The Morgan fingerprint density at radius 2 is 1.97 bits per heavy atom. The maximum Gasteiger partial charge on any atom is 0.242 e. The molecule has 5 nitrogen and oxygen atoms in total. The normalized spacial score (nSPS) is 18.1. The molecule has 1 atom stereocenters. The number of amides is 2. The van der Waals surface area contributed by atoms with E-state index in [0.717, 1.165) is 30.6 Å². The van der Waals surface area contributed by atoms with Crippen LogP contribution in [0.3, 0.4) is 0 Å². The van der Waals surface area contributed by atoms with E-state index in [0.29, 0.717) is 30.6 Å². The maximum absolute atomic E-state index is 13.4. The van der Waals surface area contributed by atoms with E-state index >= 15 is 0 Å². The molecule has 0 spiro atoms. The molecule has 1 saturated carbocycles. The zero-order valence-electron chi connectivity index (χ0n) is 18.1. The van der Waals surface area contributed by atoms with Crippen LogP contribution < -0.4 is 4.74 Å². The first kappa shape index (κ1) is 22.2. The molecule has 0 N–H and O–H groups in total. The summed E-state index contributed by atoms with van der Waals surface area (Å²) in [6.45, 7) is 5.64. The fourth-order valence-electron chi connectivity index (χ4n) is 4.04. The highest BCUT2D eigenvalue weighted by molar-refractivity contribution is 7.10. The third-order valence-electron chi connectivity index (χ3n) is 5.94. The lowest BCUT2D eigenvalue weighted by Gasteiger charge is -2.37. The highest BCUT2D eigenvalue weighted by atomic mass is 35.5. The lowest BCUT2D eigenvalue weighted by molar-refractivity contribution is -0.144. The van der Waals surface area contributed by atoms with Crippen LogP contribution in [0.25, 0.3) is 0 Å². The molecule has 1 aliphatic heterocycles. The van der Waals surface area contributed by atoms with Crippen molar-refractivity contribution in [2.24, 2.45) is 11.8 Å². The van der Waals surface area contributed by atoms with Crippen molar-refractivity contribution in [2.45, 2.75) is 39.2 Å². The van der Waals surface area contributed by atoms with Crippen LogP contribution in [0.2, 0.25) is 5.02 Å². The first-order valence-corrected chi connectivity index (χ1v) is 12.2. The molecule has 0 radical (unpaired) electrons. The van der Waals surface area contributed by atoms with Crippen molar-refractivity contribution in [3.63, 3.8) is 0 Å². The maximum atomic E-state index is 13.4. The monoisotopic (exact) mass is 460 g/mol. The van der Waals surface area contributed by atoms with Crippen LogP contribution in [-0.2, 0) is 16.0 Å². The number of carbonyl (C=O) groups excluding carboxylic acids is 2. The molecule has 1 aromatic heterocycles. The second-order valence-corrected chi connectivity index (χ2v) is 10.2. The molecule has 0 saturated heterocycles. The highest BCUT2D eigenvalue weighted by Gasteiger charge is 2.35. The summed E-state index contributed by atoms with van der Waals surface area (Å²) >= 11 is 7.71. The molecule has 2 amide bonds. The first-order chi connectivity index (χ1) is 14.9. The van der Waals surface area contributed by atoms with Crippen LogP contribution >= 0.6 is 22.9 Å².